The number of hydrogen-bond donors (Lipinski definition) is 0. The fraction of sp³-hybridized carbons (Fsp3) is 0.250. The van der Waals surface area contributed by atoms with Gasteiger partial charge >= 0.3 is 0 Å². The first-order valence-electron chi connectivity index (χ1n) is 8.85. The van der Waals surface area contributed by atoms with Crippen LogP contribution in [0.2, 0.25) is 0 Å². The molecule has 0 saturated carbocycles. The van der Waals surface area contributed by atoms with Gasteiger partial charge in [-0.1, -0.05) is 37.3 Å². The average Bonchev–Trinajstić information content (AvgIpc) is 3.26. The molecule has 3 aromatic heterocycles. The second-order valence-corrected chi connectivity index (χ2v) is 6.50. The number of nitrogens with zero attached hydrogens (tertiary/aromatic N) is 4. The summed E-state index contributed by atoms with van der Waals surface area (Å²) in [6.45, 7) is 2.35. The summed E-state index contributed by atoms with van der Waals surface area (Å²) in [7, 11) is 1.73. The molecule has 4 rings (SSSR count). The Hall–Kier alpha value is -3.35. The number of fused-ring (bicyclic) bond motifs is 3. The molecule has 0 unspecified atom stereocenters. The molecule has 0 aliphatic rings. The third kappa shape index (κ3) is 3.01. The maximum absolute atomic E-state index is 12.8. The van der Waals surface area contributed by atoms with Crippen molar-refractivity contribution >= 4 is 22.5 Å². The highest BCUT2D eigenvalue weighted by molar-refractivity contribution is 5.82. The Kier molecular flexibility index (Phi) is 4.27. The van der Waals surface area contributed by atoms with E-state index in [0.29, 0.717) is 29.9 Å². The van der Waals surface area contributed by atoms with Gasteiger partial charge in [-0.15, -0.1) is 0 Å². The Morgan fingerprint density at radius 2 is 1.96 bits per heavy atom. The molecule has 27 heavy (non-hydrogen) atoms. The lowest BCUT2D eigenvalue weighted by Crippen LogP contribution is -2.36. The van der Waals surface area contributed by atoms with Gasteiger partial charge in [0.2, 0.25) is 5.91 Å². The summed E-state index contributed by atoms with van der Waals surface area (Å²) in [4.78, 5) is 27.1. The summed E-state index contributed by atoms with van der Waals surface area (Å²) < 4.78 is 8.46. The van der Waals surface area contributed by atoms with Crippen LogP contribution in [0.1, 0.15) is 18.3 Å². The number of aryl methyl sites for hydroxylation is 1. The number of likely N-dealkylation sites (N-methyl/N-ethyl adjacent to an activating group) is 1. The minimum atomic E-state index is -0.305. The molecule has 7 heteroatoms. The maximum atomic E-state index is 12.8. The highest BCUT2D eigenvalue weighted by atomic mass is 16.3. The Balaban J connectivity index is 1.66. The molecular formula is C20H20N4O3. The number of rotatable bonds is 5. The molecule has 1 aromatic carbocycles. The lowest BCUT2D eigenvalue weighted by Gasteiger charge is -2.18. The molecule has 7 nitrogen and oxygen atoms in total. The molecule has 0 radical (unpaired) electrons. The zero-order chi connectivity index (χ0) is 19.0. The van der Waals surface area contributed by atoms with Crippen molar-refractivity contribution in [3.8, 4) is 0 Å². The third-order valence-corrected chi connectivity index (χ3v) is 4.66. The van der Waals surface area contributed by atoms with E-state index in [4.69, 9.17) is 4.42 Å². The van der Waals surface area contributed by atoms with Crippen molar-refractivity contribution in [3.63, 3.8) is 0 Å². The molecule has 0 N–H and O–H groups in total. The number of furan rings is 1. The number of carbonyl (C=O) groups is 1. The average molecular weight is 364 g/mol. The molecule has 0 saturated heterocycles. The van der Waals surface area contributed by atoms with Crippen molar-refractivity contribution in [2.75, 3.05) is 7.05 Å². The minimum absolute atomic E-state index is 0.0990. The van der Waals surface area contributed by atoms with Crippen molar-refractivity contribution in [2.45, 2.75) is 26.4 Å². The van der Waals surface area contributed by atoms with Gasteiger partial charge in [0.25, 0.3) is 5.56 Å². The lowest BCUT2D eigenvalue weighted by atomic mass is 10.2. The van der Waals surface area contributed by atoms with Crippen molar-refractivity contribution in [1.82, 2.24) is 19.1 Å². The van der Waals surface area contributed by atoms with Crippen LogP contribution in [-0.4, -0.2) is 32.0 Å². The Morgan fingerprint density at radius 1 is 1.19 bits per heavy atom. The van der Waals surface area contributed by atoms with Crippen LogP contribution < -0.4 is 5.56 Å². The van der Waals surface area contributed by atoms with Gasteiger partial charge in [-0.25, -0.2) is 4.68 Å². The second-order valence-electron chi connectivity index (χ2n) is 6.50. The van der Waals surface area contributed by atoms with E-state index < -0.39 is 0 Å². The van der Waals surface area contributed by atoms with Crippen LogP contribution in [0.3, 0.4) is 0 Å². The summed E-state index contributed by atoms with van der Waals surface area (Å²) >= 11 is 0. The van der Waals surface area contributed by atoms with Gasteiger partial charge in [-0.3, -0.25) is 14.0 Å². The molecule has 0 bridgehead atoms. The topological polar surface area (TPSA) is 72.8 Å². The van der Waals surface area contributed by atoms with Gasteiger partial charge in [0.1, 0.15) is 17.9 Å². The monoisotopic (exact) mass is 364 g/mol. The zero-order valence-corrected chi connectivity index (χ0v) is 15.3. The fourth-order valence-electron chi connectivity index (χ4n) is 3.25. The Bertz CT molecular complexity index is 1170. The molecule has 0 aliphatic carbocycles. The van der Waals surface area contributed by atoms with E-state index in [-0.39, 0.29) is 18.0 Å². The van der Waals surface area contributed by atoms with Crippen LogP contribution in [0.15, 0.2) is 57.9 Å². The number of amides is 1. The first-order valence-corrected chi connectivity index (χ1v) is 8.85. The summed E-state index contributed by atoms with van der Waals surface area (Å²) in [5, 5.41) is 4.43. The van der Waals surface area contributed by atoms with Crippen LogP contribution in [0.25, 0.3) is 16.6 Å². The molecule has 1 amide bonds. The summed E-state index contributed by atoms with van der Waals surface area (Å²) in [6, 6.07) is 13.2. The van der Waals surface area contributed by atoms with Crippen LogP contribution in [-0.2, 0) is 24.3 Å². The number of hydrogen-bond acceptors (Lipinski definition) is 4. The van der Waals surface area contributed by atoms with E-state index in [9.17, 15) is 9.59 Å². The molecular weight excluding hydrogens is 344 g/mol. The number of benzene rings is 1. The van der Waals surface area contributed by atoms with E-state index in [0.717, 1.165) is 11.1 Å². The summed E-state index contributed by atoms with van der Waals surface area (Å²) in [5.41, 5.74) is 2.64. The van der Waals surface area contributed by atoms with Gasteiger partial charge in [0.05, 0.1) is 11.8 Å². The SMILES string of the molecule is CCc1nn(CC(=O)N(C)Cc2ccccc2)c(=O)c2cc3occc3n12. The predicted molar refractivity (Wildman–Crippen MR) is 102 cm³/mol. The smallest absolute Gasteiger partial charge is 0.291 e. The third-order valence-electron chi connectivity index (χ3n) is 4.66. The number of carbonyl (C=O) groups excluding carboxylic acids is 1. The molecule has 0 aliphatic heterocycles. The van der Waals surface area contributed by atoms with Crippen molar-refractivity contribution in [3.05, 3.63) is 70.5 Å². The van der Waals surface area contributed by atoms with Crippen LogP contribution in [0, 0.1) is 0 Å². The molecule has 138 valence electrons. The van der Waals surface area contributed by atoms with Crippen LogP contribution in [0.5, 0.6) is 0 Å². The summed E-state index contributed by atoms with van der Waals surface area (Å²) in [6.07, 6.45) is 2.21. The Morgan fingerprint density at radius 3 is 2.70 bits per heavy atom. The molecule has 4 aromatic rings. The highest BCUT2D eigenvalue weighted by Gasteiger charge is 2.18. The van der Waals surface area contributed by atoms with Crippen molar-refractivity contribution in [2.24, 2.45) is 0 Å². The van der Waals surface area contributed by atoms with E-state index >= 15 is 0 Å². The van der Waals surface area contributed by atoms with Gasteiger partial charge in [-0.2, -0.15) is 5.10 Å². The van der Waals surface area contributed by atoms with E-state index in [1.54, 1.807) is 28.7 Å². The van der Waals surface area contributed by atoms with E-state index in [2.05, 4.69) is 5.10 Å². The zero-order valence-electron chi connectivity index (χ0n) is 15.3. The largest absolute Gasteiger partial charge is 0.463 e. The van der Waals surface area contributed by atoms with Gasteiger partial charge in [0.15, 0.2) is 5.58 Å². The first kappa shape index (κ1) is 17.1. The molecule has 0 atom stereocenters. The van der Waals surface area contributed by atoms with Crippen LogP contribution in [0.4, 0.5) is 0 Å². The predicted octanol–water partition coefficient (Wildman–Crippen LogP) is 2.46. The second kappa shape index (κ2) is 6.75. The molecule has 0 fully saturated rings. The molecule has 3 heterocycles. The highest BCUT2D eigenvalue weighted by Crippen LogP contribution is 2.20. The van der Waals surface area contributed by atoms with Crippen molar-refractivity contribution in [1.29, 1.82) is 0 Å². The minimum Gasteiger partial charge on any atom is -0.463 e. The van der Waals surface area contributed by atoms with Crippen molar-refractivity contribution < 1.29 is 9.21 Å². The standard InChI is InChI=1S/C20H20N4O3/c1-3-18-21-23(13-19(25)22(2)12-14-7-5-4-6-8-14)20(26)16-11-17-15(24(16)18)9-10-27-17/h4-11H,3,12-13H2,1-2H3. The quantitative estimate of drug-likeness (QED) is 0.545. The lowest BCUT2D eigenvalue weighted by molar-refractivity contribution is -0.131. The summed E-state index contributed by atoms with van der Waals surface area (Å²) in [5.74, 6) is 0.537. The first-order chi connectivity index (χ1) is 13.1. The fourth-order valence-corrected chi connectivity index (χ4v) is 3.25. The van der Waals surface area contributed by atoms with Crippen LogP contribution >= 0.6 is 0 Å². The van der Waals surface area contributed by atoms with Gasteiger partial charge in [-0.05, 0) is 5.56 Å². The Labute approximate surface area is 155 Å². The normalized spacial score (nSPS) is 11.3. The van der Waals surface area contributed by atoms with Gasteiger partial charge in [0, 0.05) is 32.1 Å². The van der Waals surface area contributed by atoms with E-state index in [1.807, 2.05) is 43.3 Å². The van der Waals surface area contributed by atoms with E-state index in [1.165, 1.54) is 4.68 Å². The van der Waals surface area contributed by atoms with Gasteiger partial charge < -0.3 is 9.32 Å². The number of aromatic nitrogens is 3. The maximum Gasteiger partial charge on any atom is 0.291 e. The molecule has 0 spiro atoms.